The molecule has 4 rings (SSSR count). The average molecular weight is 445 g/mol. The number of halogens is 4. The fraction of sp³-hybridized carbons (Fsp3) is 0.333. The van der Waals surface area contributed by atoms with Crippen LogP contribution in [0, 0.1) is 11.6 Å². The monoisotopic (exact) mass is 445 g/mol. The first-order valence-corrected chi connectivity index (χ1v) is 10.5. The maximum absolute atomic E-state index is 13.9. The zero-order chi connectivity index (χ0) is 22.8. The van der Waals surface area contributed by atoms with Crippen molar-refractivity contribution in [3.8, 4) is 0 Å². The number of nitrogens with zero attached hydrogens (tertiary/aromatic N) is 2. The predicted octanol–water partition coefficient (Wildman–Crippen LogP) is 5.63. The lowest BCUT2D eigenvalue weighted by Crippen LogP contribution is -2.43. The number of alkyl halides is 2. The highest BCUT2D eigenvalue weighted by Crippen LogP contribution is 2.34. The number of fused-ring (bicyclic) bond motifs is 1. The van der Waals surface area contributed by atoms with E-state index in [-0.39, 0.29) is 23.7 Å². The second-order valence-corrected chi connectivity index (χ2v) is 8.13. The van der Waals surface area contributed by atoms with Gasteiger partial charge in [0.2, 0.25) is 0 Å². The standard InChI is InChI=1S/C24H23F4N3O/c1-31(22-13-21(23(27)28)30-20-11-6-16(26)12-19(20)22)18-9-7-17(8-10-18)29-24(32)14-2-4-15(25)5-3-14/h2-6,11-13,17-18,23H,7-10H2,1H3,(H,29,32). The summed E-state index contributed by atoms with van der Waals surface area (Å²) in [6, 6.07) is 10.7. The van der Waals surface area contributed by atoms with Crippen molar-refractivity contribution in [2.75, 3.05) is 11.9 Å². The second-order valence-electron chi connectivity index (χ2n) is 8.13. The highest BCUT2D eigenvalue weighted by atomic mass is 19.3. The van der Waals surface area contributed by atoms with Crippen molar-refractivity contribution < 1.29 is 22.4 Å². The Bertz CT molecular complexity index is 1110. The van der Waals surface area contributed by atoms with Gasteiger partial charge in [-0.15, -0.1) is 0 Å². The number of carbonyl (C=O) groups excluding carboxylic acids is 1. The Balaban J connectivity index is 1.47. The molecule has 1 fully saturated rings. The third-order valence-electron chi connectivity index (χ3n) is 6.06. The van der Waals surface area contributed by atoms with Gasteiger partial charge in [0.1, 0.15) is 17.3 Å². The summed E-state index contributed by atoms with van der Waals surface area (Å²) >= 11 is 0. The zero-order valence-corrected chi connectivity index (χ0v) is 17.5. The van der Waals surface area contributed by atoms with E-state index in [2.05, 4.69) is 10.3 Å². The normalized spacial score (nSPS) is 18.7. The van der Waals surface area contributed by atoms with Crippen LogP contribution in [0.5, 0.6) is 0 Å². The van der Waals surface area contributed by atoms with Crippen molar-refractivity contribution in [3.05, 3.63) is 71.4 Å². The van der Waals surface area contributed by atoms with E-state index in [4.69, 9.17) is 0 Å². The molecule has 1 saturated carbocycles. The molecule has 1 aliphatic rings. The van der Waals surface area contributed by atoms with Gasteiger partial charge in [-0.1, -0.05) is 0 Å². The molecular weight excluding hydrogens is 422 g/mol. The van der Waals surface area contributed by atoms with Crippen LogP contribution in [0.2, 0.25) is 0 Å². The van der Waals surface area contributed by atoms with Gasteiger partial charge in [0.15, 0.2) is 0 Å². The lowest BCUT2D eigenvalue weighted by Gasteiger charge is -2.37. The molecule has 1 aromatic heterocycles. The van der Waals surface area contributed by atoms with Gasteiger partial charge < -0.3 is 10.2 Å². The fourth-order valence-corrected chi connectivity index (χ4v) is 4.28. The van der Waals surface area contributed by atoms with E-state index in [1.54, 1.807) is 0 Å². The molecule has 1 amide bonds. The Morgan fingerprint density at radius 1 is 1.00 bits per heavy atom. The topological polar surface area (TPSA) is 45.2 Å². The summed E-state index contributed by atoms with van der Waals surface area (Å²) in [5, 5.41) is 3.47. The van der Waals surface area contributed by atoms with Crippen LogP contribution in [-0.4, -0.2) is 30.0 Å². The summed E-state index contributed by atoms with van der Waals surface area (Å²) in [5.41, 5.74) is 0.900. The van der Waals surface area contributed by atoms with Crippen LogP contribution in [0.1, 0.15) is 48.2 Å². The molecule has 0 spiro atoms. The summed E-state index contributed by atoms with van der Waals surface area (Å²) in [5.74, 6) is -1.10. The summed E-state index contributed by atoms with van der Waals surface area (Å²) < 4.78 is 53.7. The van der Waals surface area contributed by atoms with Gasteiger partial charge >= 0.3 is 0 Å². The maximum Gasteiger partial charge on any atom is 0.280 e. The van der Waals surface area contributed by atoms with E-state index >= 15 is 0 Å². The van der Waals surface area contributed by atoms with Crippen LogP contribution in [0.4, 0.5) is 23.2 Å². The van der Waals surface area contributed by atoms with Gasteiger partial charge in [0.05, 0.1) is 5.52 Å². The first-order chi connectivity index (χ1) is 15.3. The molecule has 0 aliphatic heterocycles. The third-order valence-corrected chi connectivity index (χ3v) is 6.06. The van der Waals surface area contributed by atoms with Crippen LogP contribution < -0.4 is 10.2 Å². The van der Waals surface area contributed by atoms with Crippen molar-refractivity contribution in [3.63, 3.8) is 0 Å². The van der Waals surface area contributed by atoms with Crippen LogP contribution in [-0.2, 0) is 0 Å². The number of carbonyl (C=O) groups is 1. The number of anilines is 1. The van der Waals surface area contributed by atoms with Crippen molar-refractivity contribution in [1.82, 2.24) is 10.3 Å². The van der Waals surface area contributed by atoms with Gasteiger partial charge in [-0.05, 0) is 74.2 Å². The van der Waals surface area contributed by atoms with E-state index in [1.807, 2.05) is 11.9 Å². The number of benzene rings is 2. The van der Waals surface area contributed by atoms with Crippen LogP contribution in [0.3, 0.4) is 0 Å². The highest BCUT2D eigenvalue weighted by molar-refractivity contribution is 5.94. The van der Waals surface area contributed by atoms with Gasteiger partial charge in [-0.25, -0.2) is 22.5 Å². The van der Waals surface area contributed by atoms with Crippen LogP contribution in [0.15, 0.2) is 48.5 Å². The molecule has 4 nitrogen and oxygen atoms in total. The first kappa shape index (κ1) is 22.0. The molecule has 32 heavy (non-hydrogen) atoms. The third kappa shape index (κ3) is 4.69. The molecule has 1 aliphatic carbocycles. The minimum Gasteiger partial charge on any atom is -0.371 e. The lowest BCUT2D eigenvalue weighted by atomic mass is 9.89. The summed E-state index contributed by atoms with van der Waals surface area (Å²) in [4.78, 5) is 18.3. The number of hydrogen-bond donors (Lipinski definition) is 1. The molecule has 3 aromatic rings. The largest absolute Gasteiger partial charge is 0.371 e. The van der Waals surface area contributed by atoms with E-state index in [1.165, 1.54) is 48.5 Å². The zero-order valence-electron chi connectivity index (χ0n) is 17.5. The average Bonchev–Trinajstić information content (AvgIpc) is 2.78. The second kappa shape index (κ2) is 9.14. The van der Waals surface area contributed by atoms with Gasteiger partial charge in [0, 0.05) is 35.8 Å². The Morgan fingerprint density at radius 2 is 1.66 bits per heavy atom. The molecule has 1 heterocycles. The maximum atomic E-state index is 13.9. The predicted molar refractivity (Wildman–Crippen MR) is 115 cm³/mol. The smallest absolute Gasteiger partial charge is 0.280 e. The van der Waals surface area contributed by atoms with Crippen molar-refractivity contribution >= 4 is 22.5 Å². The minimum atomic E-state index is -2.73. The molecule has 0 bridgehead atoms. The van der Waals surface area contributed by atoms with E-state index < -0.39 is 18.1 Å². The van der Waals surface area contributed by atoms with Crippen molar-refractivity contribution in [1.29, 1.82) is 0 Å². The Labute approximate surface area is 183 Å². The quantitative estimate of drug-likeness (QED) is 0.518. The van der Waals surface area contributed by atoms with Crippen molar-refractivity contribution in [2.24, 2.45) is 0 Å². The Kier molecular flexibility index (Phi) is 6.30. The van der Waals surface area contributed by atoms with Crippen LogP contribution >= 0.6 is 0 Å². The fourth-order valence-electron chi connectivity index (χ4n) is 4.28. The number of hydrogen-bond acceptors (Lipinski definition) is 3. The van der Waals surface area contributed by atoms with E-state index in [0.29, 0.717) is 35.0 Å². The molecule has 0 unspecified atom stereocenters. The summed E-state index contributed by atoms with van der Waals surface area (Å²) in [6.45, 7) is 0. The minimum absolute atomic E-state index is 0.0274. The molecule has 0 atom stereocenters. The number of amides is 1. The summed E-state index contributed by atoms with van der Waals surface area (Å²) in [6.07, 6.45) is 0.151. The molecule has 168 valence electrons. The number of rotatable bonds is 5. The number of nitrogens with one attached hydrogen (secondary N) is 1. The molecular formula is C24H23F4N3O. The van der Waals surface area contributed by atoms with Crippen molar-refractivity contribution in [2.45, 2.75) is 44.2 Å². The molecule has 2 aromatic carbocycles. The molecule has 0 radical (unpaired) electrons. The van der Waals surface area contributed by atoms with E-state index in [9.17, 15) is 22.4 Å². The first-order valence-electron chi connectivity index (χ1n) is 10.5. The summed E-state index contributed by atoms with van der Waals surface area (Å²) in [7, 11) is 1.82. The van der Waals surface area contributed by atoms with Gasteiger partial charge in [-0.3, -0.25) is 4.79 Å². The lowest BCUT2D eigenvalue weighted by molar-refractivity contribution is 0.0925. The Morgan fingerprint density at radius 3 is 2.31 bits per heavy atom. The van der Waals surface area contributed by atoms with Crippen LogP contribution in [0.25, 0.3) is 10.9 Å². The SMILES string of the molecule is CN(c1cc(C(F)F)nc2ccc(F)cc12)C1CCC(NC(=O)c2ccc(F)cc2)CC1. The molecule has 1 N–H and O–H groups in total. The molecule has 0 saturated heterocycles. The highest BCUT2D eigenvalue weighted by Gasteiger charge is 2.27. The Hall–Kier alpha value is -3.16. The van der Waals surface area contributed by atoms with Gasteiger partial charge in [0.25, 0.3) is 12.3 Å². The van der Waals surface area contributed by atoms with Gasteiger partial charge in [-0.2, -0.15) is 0 Å². The van der Waals surface area contributed by atoms with E-state index in [0.717, 1.165) is 12.8 Å². The molecule has 8 heteroatoms. The number of aromatic nitrogens is 1. The number of pyridine rings is 1.